The lowest BCUT2D eigenvalue weighted by Crippen LogP contribution is -2.31. The standard InChI is InChI=1S/C11H16BrNS/c1-11(7-13,8-2-3-8)5-10-4-9(12)6-14-10/h4,6,8H,2-3,5,7,13H2,1H3. The van der Waals surface area contributed by atoms with E-state index in [0.29, 0.717) is 5.41 Å². The molecule has 1 unspecified atom stereocenters. The van der Waals surface area contributed by atoms with Crippen LogP contribution in [0.1, 0.15) is 24.6 Å². The summed E-state index contributed by atoms with van der Waals surface area (Å²) in [5, 5.41) is 2.15. The highest BCUT2D eigenvalue weighted by Gasteiger charge is 2.40. The number of halogens is 1. The van der Waals surface area contributed by atoms with Crippen molar-refractivity contribution in [2.75, 3.05) is 6.54 Å². The predicted molar refractivity (Wildman–Crippen MR) is 65.6 cm³/mol. The molecule has 0 amide bonds. The highest BCUT2D eigenvalue weighted by atomic mass is 79.9. The van der Waals surface area contributed by atoms with Crippen LogP contribution in [0.2, 0.25) is 0 Å². The molecular weight excluding hydrogens is 258 g/mol. The molecule has 0 bridgehead atoms. The van der Waals surface area contributed by atoms with Crippen molar-refractivity contribution in [2.24, 2.45) is 17.1 Å². The van der Waals surface area contributed by atoms with Crippen LogP contribution < -0.4 is 5.73 Å². The molecule has 1 aliphatic carbocycles. The van der Waals surface area contributed by atoms with Gasteiger partial charge in [0.15, 0.2) is 0 Å². The van der Waals surface area contributed by atoms with Crippen molar-refractivity contribution >= 4 is 27.3 Å². The lowest BCUT2D eigenvalue weighted by atomic mass is 9.81. The molecule has 2 N–H and O–H groups in total. The molecule has 1 aromatic rings. The van der Waals surface area contributed by atoms with Crippen molar-refractivity contribution in [2.45, 2.75) is 26.2 Å². The third-order valence-corrected chi connectivity index (χ3v) is 4.93. The SMILES string of the molecule is CC(CN)(Cc1cc(Br)cs1)C1CC1. The quantitative estimate of drug-likeness (QED) is 0.894. The molecule has 78 valence electrons. The normalized spacial score (nSPS) is 20.8. The van der Waals surface area contributed by atoms with E-state index in [4.69, 9.17) is 5.73 Å². The van der Waals surface area contributed by atoms with Crippen LogP contribution in [0, 0.1) is 11.3 Å². The summed E-state index contributed by atoms with van der Waals surface area (Å²) in [6, 6.07) is 2.22. The van der Waals surface area contributed by atoms with Crippen LogP contribution in [0.3, 0.4) is 0 Å². The van der Waals surface area contributed by atoms with E-state index in [9.17, 15) is 0 Å². The lowest BCUT2D eigenvalue weighted by molar-refractivity contribution is 0.284. The molecule has 0 spiro atoms. The Bertz CT molecular complexity index is 319. The first-order valence-corrected chi connectivity index (χ1v) is 6.74. The number of thiophene rings is 1. The fourth-order valence-electron chi connectivity index (χ4n) is 2.01. The first-order chi connectivity index (χ1) is 6.64. The van der Waals surface area contributed by atoms with E-state index < -0.39 is 0 Å². The van der Waals surface area contributed by atoms with Gasteiger partial charge in [0.05, 0.1) is 0 Å². The van der Waals surface area contributed by atoms with Crippen molar-refractivity contribution in [3.05, 3.63) is 20.8 Å². The van der Waals surface area contributed by atoms with Gasteiger partial charge in [-0.1, -0.05) is 6.92 Å². The van der Waals surface area contributed by atoms with Gasteiger partial charge < -0.3 is 5.73 Å². The van der Waals surface area contributed by atoms with Crippen LogP contribution in [0.15, 0.2) is 15.9 Å². The first-order valence-electron chi connectivity index (χ1n) is 5.07. The van der Waals surface area contributed by atoms with Gasteiger partial charge in [0.25, 0.3) is 0 Å². The van der Waals surface area contributed by atoms with E-state index in [1.165, 1.54) is 22.2 Å². The van der Waals surface area contributed by atoms with Crippen LogP contribution in [0.4, 0.5) is 0 Å². The van der Waals surface area contributed by atoms with Crippen molar-refractivity contribution in [1.82, 2.24) is 0 Å². The Morgan fingerprint density at radius 1 is 1.64 bits per heavy atom. The Morgan fingerprint density at radius 2 is 2.36 bits per heavy atom. The average molecular weight is 274 g/mol. The molecular formula is C11H16BrNS. The van der Waals surface area contributed by atoms with Crippen molar-refractivity contribution in [3.63, 3.8) is 0 Å². The van der Waals surface area contributed by atoms with Gasteiger partial charge in [-0.05, 0) is 59.1 Å². The summed E-state index contributed by atoms with van der Waals surface area (Å²) < 4.78 is 1.20. The van der Waals surface area contributed by atoms with Crippen LogP contribution in [0.25, 0.3) is 0 Å². The van der Waals surface area contributed by atoms with Crippen molar-refractivity contribution < 1.29 is 0 Å². The van der Waals surface area contributed by atoms with Crippen molar-refractivity contribution in [1.29, 1.82) is 0 Å². The number of rotatable bonds is 4. The highest BCUT2D eigenvalue weighted by molar-refractivity contribution is 9.10. The summed E-state index contributed by atoms with van der Waals surface area (Å²) in [7, 11) is 0. The molecule has 1 aromatic heterocycles. The minimum Gasteiger partial charge on any atom is -0.330 e. The molecule has 1 saturated carbocycles. The van der Waals surface area contributed by atoms with Crippen LogP contribution in [0.5, 0.6) is 0 Å². The first kappa shape index (κ1) is 10.7. The highest BCUT2D eigenvalue weighted by Crippen LogP contribution is 2.47. The summed E-state index contributed by atoms with van der Waals surface area (Å²) in [6.45, 7) is 3.14. The fourth-order valence-corrected chi connectivity index (χ4v) is 3.66. The second-order valence-corrected chi connectivity index (χ2v) is 6.45. The van der Waals surface area contributed by atoms with E-state index in [1.807, 2.05) is 11.3 Å². The zero-order chi connectivity index (χ0) is 10.2. The zero-order valence-electron chi connectivity index (χ0n) is 8.42. The Kier molecular flexibility index (Phi) is 3.01. The van der Waals surface area contributed by atoms with Gasteiger partial charge in [-0.2, -0.15) is 0 Å². The molecule has 1 heterocycles. The monoisotopic (exact) mass is 273 g/mol. The lowest BCUT2D eigenvalue weighted by Gasteiger charge is -2.27. The van der Waals surface area contributed by atoms with E-state index >= 15 is 0 Å². The molecule has 2 rings (SSSR count). The number of hydrogen-bond acceptors (Lipinski definition) is 2. The van der Waals surface area contributed by atoms with Crippen LogP contribution in [-0.4, -0.2) is 6.54 Å². The summed E-state index contributed by atoms with van der Waals surface area (Å²) in [4.78, 5) is 1.46. The fraction of sp³-hybridized carbons (Fsp3) is 0.636. The molecule has 3 heteroatoms. The van der Waals surface area contributed by atoms with Gasteiger partial charge >= 0.3 is 0 Å². The molecule has 1 nitrogen and oxygen atoms in total. The van der Waals surface area contributed by atoms with Gasteiger partial charge in [-0.3, -0.25) is 0 Å². The zero-order valence-corrected chi connectivity index (χ0v) is 10.8. The number of hydrogen-bond donors (Lipinski definition) is 1. The van der Waals surface area contributed by atoms with Crippen LogP contribution in [-0.2, 0) is 6.42 Å². The minimum atomic E-state index is 0.338. The molecule has 14 heavy (non-hydrogen) atoms. The largest absolute Gasteiger partial charge is 0.330 e. The smallest absolute Gasteiger partial charge is 0.0285 e. The third kappa shape index (κ3) is 2.20. The van der Waals surface area contributed by atoms with E-state index in [0.717, 1.165) is 18.9 Å². The Hall–Kier alpha value is 0.140. The molecule has 0 aromatic carbocycles. The maximum atomic E-state index is 5.90. The van der Waals surface area contributed by atoms with E-state index in [1.54, 1.807) is 0 Å². The van der Waals surface area contributed by atoms with Gasteiger partial charge in [-0.15, -0.1) is 11.3 Å². The summed E-state index contributed by atoms with van der Waals surface area (Å²) in [6.07, 6.45) is 3.89. The third-order valence-electron chi connectivity index (χ3n) is 3.23. The van der Waals surface area contributed by atoms with Gasteiger partial charge in [0.1, 0.15) is 0 Å². The summed E-state index contributed by atoms with van der Waals surface area (Å²) in [5.74, 6) is 0.869. The minimum absolute atomic E-state index is 0.338. The van der Waals surface area contributed by atoms with Crippen LogP contribution >= 0.6 is 27.3 Å². The predicted octanol–water partition coefficient (Wildman–Crippen LogP) is 3.43. The topological polar surface area (TPSA) is 26.0 Å². The molecule has 1 aliphatic rings. The molecule has 0 aliphatic heterocycles. The van der Waals surface area contributed by atoms with Crippen molar-refractivity contribution in [3.8, 4) is 0 Å². The molecule has 1 atom stereocenters. The molecule has 0 radical (unpaired) electrons. The maximum Gasteiger partial charge on any atom is 0.0285 e. The maximum absolute atomic E-state index is 5.90. The second-order valence-electron chi connectivity index (χ2n) is 4.54. The second kappa shape index (κ2) is 3.95. The molecule has 1 fully saturated rings. The van der Waals surface area contributed by atoms with E-state index in [-0.39, 0.29) is 0 Å². The van der Waals surface area contributed by atoms with Gasteiger partial charge in [0, 0.05) is 14.7 Å². The summed E-state index contributed by atoms with van der Waals surface area (Å²) >= 11 is 5.33. The number of nitrogens with two attached hydrogens (primary N) is 1. The Balaban J connectivity index is 2.07. The summed E-state index contributed by atoms with van der Waals surface area (Å²) in [5.41, 5.74) is 6.23. The Labute approximate surface area is 97.8 Å². The van der Waals surface area contributed by atoms with Gasteiger partial charge in [-0.25, -0.2) is 0 Å². The van der Waals surface area contributed by atoms with E-state index in [2.05, 4.69) is 34.3 Å². The van der Waals surface area contributed by atoms with Gasteiger partial charge in [0.2, 0.25) is 0 Å². The average Bonchev–Trinajstić information content (AvgIpc) is 2.93. The Morgan fingerprint density at radius 3 is 2.79 bits per heavy atom. The molecule has 0 saturated heterocycles.